The first-order valence-electron chi connectivity index (χ1n) is 11.8. The van der Waals surface area contributed by atoms with Crippen LogP contribution in [0.2, 0.25) is 0 Å². The van der Waals surface area contributed by atoms with Gasteiger partial charge in [-0.05, 0) is 37.1 Å². The number of nitrogens with zero attached hydrogens (tertiary/aromatic N) is 5. The minimum Gasteiger partial charge on any atom is -0.383 e. The van der Waals surface area contributed by atoms with Crippen LogP contribution in [0.5, 0.6) is 0 Å². The van der Waals surface area contributed by atoms with Crippen molar-refractivity contribution in [1.82, 2.24) is 24.8 Å². The maximum atomic E-state index is 13.5. The van der Waals surface area contributed by atoms with Crippen molar-refractivity contribution in [2.24, 2.45) is 0 Å². The van der Waals surface area contributed by atoms with Gasteiger partial charge >= 0.3 is 6.03 Å². The van der Waals surface area contributed by atoms with Crippen LogP contribution >= 0.6 is 11.3 Å². The molecule has 1 aliphatic carbocycles. The average Bonchev–Trinajstić information content (AvgIpc) is 3.58. The van der Waals surface area contributed by atoms with Crippen molar-refractivity contribution in [3.63, 3.8) is 0 Å². The van der Waals surface area contributed by atoms with Gasteiger partial charge in [0, 0.05) is 51.4 Å². The minimum absolute atomic E-state index is 0.0577. The van der Waals surface area contributed by atoms with Crippen molar-refractivity contribution in [2.45, 2.75) is 31.7 Å². The van der Waals surface area contributed by atoms with Crippen LogP contribution in [-0.2, 0) is 4.74 Å². The van der Waals surface area contributed by atoms with Crippen LogP contribution in [0.25, 0.3) is 16.2 Å². The van der Waals surface area contributed by atoms with Crippen molar-refractivity contribution in [3.05, 3.63) is 30.1 Å². The molecule has 9 nitrogen and oxygen atoms in total. The summed E-state index contributed by atoms with van der Waals surface area (Å²) >= 11 is 1.54. The second kappa shape index (κ2) is 10.1. The minimum atomic E-state index is -0.262. The van der Waals surface area contributed by atoms with Gasteiger partial charge in [-0.1, -0.05) is 24.2 Å². The lowest BCUT2D eigenvalue weighted by Gasteiger charge is -2.34. The molecule has 0 atom stereocenters. The molecule has 3 heterocycles. The number of amides is 2. The zero-order chi connectivity index (χ0) is 23.5. The first-order valence-corrected chi connectivity index (χ1v) is 12.6. The van der Waals surface area contributed by atoms with Crippen molar-refractivity contribution in [3.8, 4) is 11.3 Å². The Morgan fingerprint density at radius 1 is 1.18 bits per heavy atom. The molecule has 1 aliphatic heterocycles. The van der Waals surface area contributed by atoms with Crippen LogP contribution in [0.3, 0.4) is 0 Å². The molecule has 3 aromatic rings. The number of rotatable bonds is 7. The molecule has 0 radical (unpaired) electrons. The van der Waals surface area contributed by atoms with Gasteiger partial charge in [0.25, 0.3) is 0 Å². The Morgan fingerprint density at radius 3 is 2.62 bits per heavy atom. The number of methoxy groups -OCH3 is 1. The summed E-state index contributed by atoms with van der Waals surface area (Å²) in [6, 6.07) is 6.79. The summed E-state index contributed by atoms with van der Waals surface area (Å²) < 4.78 is 20.4. The first kappa shape index (κ1) is 22.9. The number of hydrogen-bond donors (Lipinski definition) is 2. The molecule has 0 unspecified atom stereocenters. The topological polar surface area (TPSA) is 87.0 Å². The maximum absolute atomic E-state index is 13.5. The number of nitrogens with one attached hydrogen (secondary N) is 2. The van der Waals surface area contributed by atoms with Gasteiger partial charge in [0.1, 0.15) is 11.5 Å². The number of imidazole rings is 1. The number of urea groups is 1. The fraction of sp³-hybridized carbons (Fsp3) is 0.522. The number of ether oxygens (including phenoxy) is 1. The highest BCUT2D eigenvalue weighted by atomic mass is 32.1. The lowest BCUT2D eigenvalue weighted by Crippen LogP contribution is -2.52. The Hall–Kier alpha value is -2.92. The summed E-state index contributed by atoms with van der Waals surface area (Å²) in [6.45, 7) is 3.70. The van der Waals surface area contributed by atoms with E-state index < -0.39 is 0 Å². The Labute approximate surface area is 201 Å². The van der Waals surface area contributed by atoms with Crippen molar-refractivity contribution in [2.75, 3.05) is 56.7 Å². The molecule has 34 heavy (non-hydrogen) atoms. The smallest absolute Gasteiger partial charge is 0.317 e. The van der Waals surface area contributed by atoms with E-state index in [1.54, 1.807) is 19.2 Å². The third-order valence-electron chi connectivity index (χ3n) is 6.43. The summed E-state index contributed by atoms with van der Waals surface area (Å²) in [4.78, 5) is 22.0. The zero-order valence-electron chi connectivity index (χ0n) is 19.3. The van der Waals surface area contributed by atoms with Crippen LogP contribution in [0.4, 0.5) is 20.1 Å². The Morgan fingerprint density at radius 2 is 1.91 bits per heavy atom. The van der Waals surface area contributed by atoms with E-state index >= 15 is 0 Å². The van der Waals surface area contributed by atoms with Gasteiger partial charge in [0.2, 0.25) is 10.1 Å². The fourth-order valence-corrected chi connectivity index (χ4v) is 5.49. The standard InChI is InChI=1S/C23H30FN7O2S/c1-33-15-10-25-21(32)29-11-13-30(14-12-29)23-28-31-20(26-18-4-2-3-5-18)19(27-22(31)34-23)16-6-8-17(24)9-7-16/h6-9,18,26H,2-5,10-15H2,1H3,(H,25,32). The zero-order valence-corrected chi connectivity index (χ0v) is 20.1. The third kappa shape index (κ3) is 4.80. The fourth-order valence-electron chi connectivity index (χ4n) is 4.54. The predicted molar refractivity (Wildman–Crippen MR) is 131 cm³/mol. The molecular formula is C23H30FN7O2S. The highest BCUT2D eigenvalue weighted by molar-refractivity contribution is 7.20. The Kier molecular flexibility index (Phi) is 6.82. The monoisotopic (exact) mass is 487 g/mol. The molecule has 0 spiro atoms. The Balaban J connectivity index is 1.34. The van der Waals surface area contributed by atoms with Gasteiger partial charge in [-0.2, -0.15) is 4.52 Å². The number of carbonyl (C=O) groups is 1. The lowest BCUT2D eigenvalue weighted by molar-refractivity contribution is 0.177. The number of halogens is 1. The summed E-state index contributed by atoms with van der Waals surface area (Å²) in [5.74, 6) is 0.606. The van der Waals surface area contributed by atoms with Crippen molar-refractivity contribution < 1.29 is 13.9 Å². The second-order valence-corrected chi connectivity index (χ2v) is 9.65. The molecule has 0 bridgehead atoms. The first-order chi connectivity index (χ1) is 16.6. The third-order valence-corrected chi connectivity index (χ3v) is 7.40. The number of benzene rings is 1. The number of anilines is 2. The number of hydrogen-bond acceptors (Lipinski definition) is 7. The number of piperazine rings is 1. The van der Waals surface area contributed by atoms with Gasteiger partial charge < -0.3 is 25.2 Å². The van der Waals surface area contributed by atoms with Gasteiger partial charge in [-0.25, -0.2) is 14.2 Å². The van der Waals surface area contributed by atoms with E-state index in [2.05, 4.69) is 15.5 Å². The Bertz CT molecular complexity index is 1120. The molecule has 1 saturated heterocycles. The van der Waals surface area contributed by atoms with E-state index in [4.69, 9.17) is 14.8 Å². The number of fused-ring (bicyclic) bond motifs is 1. The highest BCUT2D eigenvalue weighted by Crippen LogP contribution is 2.35. The van der Waals surface area contributed by atoms with Crippen LogP contribution in [0.15, 0.2) is 24.3 Å². The van der Waals surface area contributed by atoms with Gasteiger partial charge in [0.05, 0.1) is 6.61 Å². The number of carbonyl (C=O) groups excluding carboxylic acids is 1. The largest absolute Gasteiger partial charge is 0.383 e. The van der Waals surface area contributed by atoms with Crippen LogP contribution in [0, 0.1) is 5.82 Å². The maximum Gasteiger partial charge on any atom is 0.317 e. The molecule has 182 valence electrons. The summed E-state index contributed by atoms with van der Waals surface area (Å²) in [5.41, 5.74) is 1.67. The molecule has 11 heteroatoms. The van der Waals surface area contributed by atoms with E-state index in [-0.39, 0.29) is 11.8 Å². The summed E-state index contributed by atoms with van der Waals surface area (Å²) in [5, 5.41) is 12.3. The van der Waals surface area contributed by atoms with E-state index in [9.17, 15) is 9.18 Å². The van der Waals surface area contributed by atoms with Gasteiger partial charge in [-0.15, -0.1) is 5.10 Å². The quantitative estimate of drug-likeness (QED) is 0.497. The van der Waals surface area contributed by atoms with Gasteiger partial charge in [-0.3, -0.25) is 0 Å². The number of aromatic nitrogens is 3. The second-order valence-electron chi connectivity index (χ2n) is 8.72. The van der Waals surface area contributed by atoms with E-state index in [1.165, 1.54) is 36.3 Å². The molecule has 2 N–H and O–H groups in total. The van der Waals surface area contributed by atoms with Crippen LogP contribution in [0.1, 0.15) is 25.7 Å². The molecule has 1 aromatic carbocycles. The molecule has 2 fully saturated rings. The van der Waals surface area contributed by atoms with Crippen LogP contribution in [-0.4, -0.2) is 78.0 Å². The molecular weight excluding hydrogens is 457 g/mol. The normalized spacial score (nSPS) is 17.0. The molecule has 2 aliphatic rings. The van der Waals surface area contributed by atoms with Gasteiger partial charge in [0.15, 0.2) is 5.82 Å². The highest BCUT2D eigenvalue weighted by Gasteiger charge is 2.26. The molecule has 2 amide bonds. The molecule has 2 aromatic heterocycles. The van der Waals surface area contributed by atoms with Crippen molar-refractivity contribution >= 4 is 33.3 Å². The lowest BCUT2D eigenvalue weighted by atomic mass is 10.1. The van der Waals surface area contributed by atoms with E-state index in [1.807, 2.05) is 9.42 Å². The summed E-state index contributed by atoms with van der Waals surface area (Å²) in [6.07, 6.45) is 4.69. The van der Waals surface area contributed by atoms with Crippen LogP contribution < -0.4 is 15.5 Å². The molecule has 1 saturated carbocycles. The van der Waals surface area contributed by atoms with E-state index in [0.717, 1.165) is 40.0 Å². The SMILES string of the molecule is COCCNC(=O)N1CCN(c2nn3c(NC4CCCC4)c(-c4ccc(F)cc4)nc3s2)CC1. The molecule has 5 rings (SSSR count). The predicted octanol–water partition coefficient (Wildman–Crippen LogP) is 3.43. The van der Waals surface area contributed by atoms with E-state index in [0.29, 0.717) is 45.4 Å². The van der Waals surface area contributed by atoms with Crippen molar-refractivity contribution in [1.29, 1.82) is 0 Å². The average molecular weight is 488 g/mol. The summed E-state index contributed by atoms with van der Waals surface area (Å²) in [7, 11) is 1.62.